The van der Waals surface area contributed by atoms with Gasteiger partial charge in [0.25, 0.3) is 0 Å². The number of benzene rings is 1. The summed E-state index contributed by atoms with van der Waals surface area (Å²) in [5.74, 6) is 0. The number of hydrogen-bond acceptors (Lipinski definition) is 3. The Balaban J connectivity index is 2.67. The number of hydrogen-bond donors (Lipinski definition) is 1. The number of nitrogens with two attached hydrogens (primary N) is 1. The van der Waals surface area contributed by atoms with Crippen molar-refractivity contribution in [2.24, 2.45) is 4.40 Å². The van der Waals surface area contributed by atoms with Crippen molar-refractivity contribution < 1.29 is 0 Å². The first kappa shape index (κ1) is 10.9. The van der Waals surface area contributed by atoms with Crippen LogP contribution in [0.3, 0.4) is 0 Å². The maximum Gasteiger partial charge on any atom is 0.0988 e. The molecule has 1 aromatic rings. The van der Waals surface area contributed by atoms with Gasteiger partial charge in [0.1, 0.15) is 0 Å². The molecule has 0 saturated heterocycles. The van der Waals surface area contributed by atoms with Gasteiger partial charge in [0, 0.05) is 36.6 Å². The molecule has 2 N–H and O–H groups in total. The number of rotatable bonds is 3. The average molecular weight is 209 g/mol. The first-order chi connectivity index (χ1) is 6.58. The third kappa shape index (κ3) is 3.70. The van der Waals surface area contributed by atoms with E-state index in [2.05, 4.69) is 10.5 Å². The molecule has 76 valence electrons. The van der Waals surface area contributed by atoms with E-state index in [1.807, 2.05) is 38.1 Å². The van der Waals surface area contributed by atoms with Crippen LogP contribution < -0.4 is 5.73 Å². The van der Waals surface area contributed by atoms with Crippen LogP contribution in [0.25, 0.3) is 0 Å². The highest BCUT2D eigenvalue weighted by Gasteiger charge is 1.95. The summed E-state index contributed by atoms with van der Waals surface area (Å²) < 4.78 is 4.19. The molecule has 3 nitrogen and oxygen atoms in total. The molecule has 0 spiro atoms. The van der Waals surface area contributed by atoms with Gasteiger partial charge in [-0.05, 0) is 30.7 Å². The van der Waals surface area contributed by atoms with Crippen molar-refractivity contribution in [3.63, 3.8) is 0 Å². The van der Waals surface area contributed by atoms with Crippen molar-refractivity contribution in [3.05, 3.63) is 23.8 Å². The smallest absolute Gasteiger partial charge is 0.0988 e. The molecule has 0 radical (unpaired) electrons. The van der Waals surface area contributed by atoms with Crippen LogP contribution in [0.5, 0.6) is 0 Å². The van der Waals surface area contributed by atoms with Crippen LogP contribution in [-0.4, -0.2) is 25.3 Å². The summed E-state index contributed by atoms with van der Waals surface area (Å²) in [6.45, 7) is 2.02. The Labute approximate surface area is 89.1 Å². The summed E-state index contributed by atoms with van der Waals surface area (Å²) in [6, 6.07) is 5.93. The standard InChI is InChI=1S/C10H15N3S/c1-8-4-9(11)6-10(5-8)14-12-7-13(2)3/h4-7H,11H2,1-3H3/b12-7+. The fraction of sp³-hybridized carbons (Fsp3) is 0.300. The lowest BCUT2D eigenvalue weighted by molar-refractivity contribution is 0.645. The molecule has 1 rings (SSSR count). The molecule has 0 unspecified atom stereocenters. The average Bonchev–Trinajstić information content (AvgIpc) is 2.01. The lowest BCUT2D eigenvalue weighted by Crippen LogP contribution is -2.06. The fourth-order valence-electron chi connectivity index (χ4n) is 1.01. The van der Waals surface area contributed by atoms with Gasteiger partial charge in [-0.15, -0.1) is 0 Å². The monoisotopic (exact) mass is 209 g/mol. The van der Waals surface area contributed by atoms with Gasteiger partial charge in [-0.1, -0.05) is 0 Å². The quantitative estimate of drug-likeness (QED) is 0.359. The fourth-order valence-corrected chi connectivity index (χ4v) is 1.79. The molecule has 0 saturated carbocycles. The zero-order valence-electron chi connectivity index (χ0n) is 8.69. The van der Waals surface area contributed by atoms with E-state index in [0.717, 1.165) is 16.1 Å². The summed E-state index contributed by atoms with van der Waals surface area (Å²) in [7, 11) is 3.88. The number of anilines is 1. The number of aryl methyl sites for hydroxylation is 1. The largest absolute Gasteiger partial charge is 0.399 e. The highest BCUT2D eigenvalue weighted by Crippen LogP contribution is 2.22. The first-order valence-electron chi connectivity index (χ1n) is 4.32. The number of nitrogen functional groups attached to an aromatic ring is 1. The minimum atomic E-state index is 0.785. The molecule has 0 atom stereocenters. The molecule has 0 aliphatic rings. The molecule has 0 heterocycles. The van der Waals surface area contributed by atoms with Crippen LogP contribution >= 0.6 is 11.9 Å². The molecule has 0 aromatic heterocycles. The topological polar surface area (TPSA) is 41.6 Å². The predicted octanol–water partition coefficient (Wildman–Crippen LogP) is 2.17. The second-order valence-electron chi connectivity index (χ2n) is 3.36. The second-order valence-corrected chi connectivity index (χ2v) is 4.22. The van der Waals surface area contributed by atoms with Gasteiger partial charge < -0.3 is 10.6 Å². The first-order valence-corrected chi connectivity index (χ1v) is 5.09. The molecule has 0 fully saturated rings. The Kier molecular flexibility index (Phi) is 3.83. The molecular formula is C10H15N3S. The summed E-state index contributed by atoms with van der Waals surface area (Å²) in [5, 5.41) is 0. The van der Waals surface area contributed by atoms with Crippen LogP contribution in [0.15, 0.2) is 27.5 Å². The highest BCUT2D eigenvalue weighted by atomic mass is 32.2. The van der Waals surface area contributed by atoms with Crippen LogP contribution in [0.2, 0.25) is 0 Å². The van der Waals surface area contributed by atoms with E-state index in [9.17, 15) is 0 Å². The molecule has 0 aliphatic carbocycles. The Bertz CT molecular complexity index is 314. The van der Waals surface area contributed by atoms with Crippen molar-refractivity contribution in [1.82, 2.24) is 4.90 Å². The Morgan fingerprint density at radius 2 is 2.07 bits per heavy atom. The Morgan fingerprint density at radius 3 is 2.64 bits per heavy atom. The minimum absolute atomic E-state index is 0.785. The van der Waals surface area contributed by atoms with E-state index in [-0.39, 0.29) is 0 Å². The van der Waals surface area contributed by atoms with Crippen molar-refractivity contribution in [2.45, 2.75) is 11.8 Å². The maximum atomic E-state index is 5.72. The molecule has 1 aromatic carbocycles. The third-order valence-electron chi connectivity index (χ3n) is 1.51. The summed E-state index contributed by atoms with van der Waals surface area (Å²) in [4.78, 5) is 2.96. The lowest BCUT2D eigenvalue weighted by Gasteiger charge is -2.03. The molecule has 0 bridgehead atoms. The van der Waals surface area contributed by atoms with Crippen LogP contribution in [0, 0.1) is 6.92 Å². The van der Waals surface area contributed by atoms with Gasteiger partial charge in [-0.3, -0.25) is 0 Å². The zero-order valence-corrected chi connectivity index (χ0v) is 9.51. The zero-order chi connectivity index (χ0) is 10.6. The van der Waals surface area contributed by atoms with Gasteiger partial charge in [-0.25, -0.2) is 4.40 Å². The van der Waals surface area contributed by atoms with Crippen molar-refractivity contribution >= 4 is 24.0 Å². The normalized spacial score (nSPS) is 10.8. The van der Waals surface area contributed by atoms with E-state index < -0.39 is 0 Å². The van der Waals surface area contributed by atoms with Gasteiger partial charge in [0.05, 0.1) is 6.34 Å². The summed E-state index contributed by atoms with van der Waals surface area (Å²) >= 11 is 1.42. The van der Waals surface area contributed by atoms with Gasteiger partial charge in [0.15, 0.2) is 0 Å². The molecule has 4 heteroatoms. The highest BCUT2D eigenvalue weighted by molar-refractivity contribution is 7.98. The Morgan fingerprint density at radius 1 is 1.36 bits per heavy atom. The van der Waals surface area contributed by atoms with Crippen molar-refractivity contribution in [1.29, 1.82) is 0 Å². The molecular weight excluding hydrogens is 194 g/mol. The molecule has 0 aliphatic heterocycles. The molecule has 0 amide bonds. The summed E-state index contributed by atoms with van der Waals surface area (Å²) in [5.41, 5.74) is 7.66. The second kappa shape index (κ2) is 4.91. The van der Waals surface area contributed by atoms with Gasteiger partial charge in [0.2, 0.25) is 0 Å². The van der Waals surface area contributed by atoms with E-state index in [4.69, 9.17) is 5.73 Å². The molecule has 14 heavy (non-hydrogen) atoms. The Hall–Kier alpha value is -1.16. The third-order valence-corrected chi connectivity index (χ3v) is 2.16. The lowest BCUT2D eigenvalue weighted by atomic mass is 10.2. The van der Waals surface area contributed by atoms with Crippen LogP contribution in [0.1, 0.15) is 5.56 Å². The van der Waals surface area contributed by atoms with Crippen LogP contribution in [0.4, 0.5) is 5.69 Å². The van der Waals surface area contributed by atoms with Crippen molar-refractivity contribution in [2.75, 3.05) is 19.8 Å². The minimum Gasteiger partial charge on any atom is -0.399 e. The maximum absolute atomic E-state index is 5.72. The van der Waals surface area contributed by atoms with Gasteiger partial charge >= 0.3 is 0 Å². The SMILES string of the molecule is Cc1cc(N)cc(S/N=C/N(C)C)c1. The van der Waals surface area contributed by atoms with Crippen LogP contribution in [-0.2, 0) is 0 Å². The van der Waals surface area contributed by atoms with E-state index in [0.29, 0.717) is 0 Å². The van der Waals surface area contributed by atoms with Gasteiger partial charge in [-0.2, -0.15) is 0 Å². The van der Waals surface area contributed by atoms with E-state index in [1.54, 1.807) is 6.34 Å². The summed E-state index contributed by atoms with van der Waals surface area (Å²) in [6.07, 6.45) is 1.77. The van der Waals surface area contributed by atoms with E-state index >= 15 is 0 Å². The van der Waals surface area contributed by atoms with E-state index in [1.165, 1.54) is 11.9 Å². The van der Waals surface area contributed by atoms with Crippen molar-refractivity contribution in [3.8, 4) is 0 Å². The number of nitrogens with zero attached hydrogens (tertiary/aromatic N) is 2. The predicted molar refractivity (Wildman–Crippen MR) is 63.6 cm³/mol.